The Labute approximate surface area is 30.6 Å². The van der Waals surface area contributed by atoms with Crippen molar-refractivity contribution in [3.8, 4) is 0 Å². The predicted octanol–water partition coefficient (Wildman–Crippen LogP) is -0.0178. The molecule has 0 N–H and O–H groups in total. The van der Waals surface area contributed by atoms with Crippen LogP contribution in [0.1, 0.15) is 0 Å². The van der Waals surface area contributed by atoms with E-state index in [1.165, 1.54) is 7.05 Å². The van der Waals surface area contributed by atoms with E-state index in [0.717, 1.165) is 0 Å². The first kappa shape index (κ1) is 4.25. The molecule has 0 aromatic carbocycles. The van der Waals surface area contributed by atoms with Crippen molar-refractivity contribution in [2.75, 3.05) is 7.05 Å². The van der Waals surface area contributed by atoms with E-state index < -0.39 is 0 Å². The SMILES string of the molecule is C=C=[N+](C)[O-]. The first-order valence-electron chi connectivity index (χ1n) is 1.21. The number of hydroxylamine groups is 1. The molecule has 0 unspecified atom stereocenters. The molecule has 2 nitrogen and oxygen atoms in total. The highest BCUT2D eigenvalue weighted by molar-refractivity contribution is 5.39. The van der Waals surface area contributed by atoms with Crippen molar-refractivity contribution < 1.29 is 4.74 Å². The van der Waals surface area contributed by atoms with Crippen molar-refractivity contribution in [1.29, 1.82) is 0 Å². The maximum atomic E-state index is 9.56. The molecule has 0 amide bonds. The van der Waals surface area contributed by atoms with Crippen LogP contribution in [0.25, 0.3) is 0 Å². The third-order valence-corrected chi connectivity index (χ3v) is 0.223. The molecule has 0 rings (SSSR count). The van der Waals surface area contributed by atoms with Gasteiger partial charge in [-0.25, -0.2) is 0 Å². The first-order chi connectivity index (χ1) is 2.27. The predicted molar refractivity (Wildman–Crippen MR) is 20.2 cm³/mol. The van der Waals surface area contributed by atoms with Crippen LogP contribution in [-0.2, 0) is 0 Å². The van der Waals surface area contributed by atoms with Gasteiger partial charge in [-0.1, -0.05) is 0 Å². The Bertz CT molecular complexity index is 67.0. The van der Waals surface area contributed by atoms with E-state index in [0.29, 0.717) is 4.74 Å². The lowest BCUT2D eigenvalue weighted by Crippen LogP contribution is -1.85. The van der Waals surface area contributed by atoms with Crippen LogP contribution < -0.4 is 0 Å². The summed E-state index contributed by atoms with van der Waals surface area (Å²) in [5, 5.41) is 9.56. The largest absolute Gasteiger partial charge is 0.615 e. The molecule has 0 aromatic heterocycles. The van der Waals surface area contributed by atoms with Gasteiger partial charge in [-0.15, -0.1) is 0 Å². The summed E-state index contributed by atoms with van der Waals surface area (Å²) >= 11 is 0. The van der Waals surface area contributed by atoms with Crippen LogP contribution in [0.3, 0.4) is 0 Å². The monoisotopic (exact) mass is 71.0 g/mol. The second-order valence-corrected chi connectivity index (χ2v) is 0.656. The fourth-order valence-electron chi connectivity index (χ4n) is 0. The summed E-state index contributed by atoms with van der Waals surface area (Å²) in [6.07, 6.45) is 0. The smallest absolute Gasteiger partial charge is 0.171 e. The van der Waals surface area contributed by atoms with E-state index in [1.807, 2.05) is 0 Å². The minimum atomic E-state index is 0.514. The maximum absolute atomic E-state index is 9.56. The summed E-state index contributed by atoms with van der Waals surface area (Å²) in [4.78, 5) is 0. The van der Waals surface area contributed by atoms with Crippen LogP contribution in [-0.4, -0.2) is 17.7 Å². The molecule has 0 fully saturated rings. The van der Waals surface area contributed by atoms with Gasteiger partial charge in [0.15, 0.2) is 12.9 Å². The zero-order valence-electron chi connectivity index (χ0n) is 3.06. The van der Waals surface area contributed by atoms with Gasteiger partial charge in [0.2, 0.25) is 0 Å². The van der Waals surface area contributed by atoms with Crippen LogP contribution in [0, 0.1) is 5.21 Å². The average Bonchev–Trinajstić information content (AvgIpc) is 1.38. The van der Waals surface area contributed by atoms with E-state index in [2.05, 4.69) is 12.4 Å². The quantitative estimate of drug-likeness (QED) is 0.170. The zero-order chi connectivity index (χ0) is 4.28. The normalized spacial score (nSPS) is 5.80. The summed E-state index contributed by atoms with van der Waals surface area (Å²) in [7, 11) is 1.33. The van der Waals surface area contributed by atoms with Gasteiger partial charge in [-0.3, -0.25) is 0 Å². The van der Waals surface area contributed by atoms with Gasteiger partial charge < -0.3 is 5.21 Å². The molecule has 0 aromatic rings. The Morgan fingerprint density at radius 2 is 2.20 bits per heavy atom. The highest BCUT2D eigenvalue weighted by Gasteiger charge is 1.52. The van der Waals surface area contributed by atoms with Crippen LogP contribution in [0.15, 0.2) is 6.58 Å². The number of hydrogen-bond acceptors (Lipinski definition) is 1. The molecule has 28 valence electrons. The van der Waals surface area contributed by atoms with Gasteiger partial charge >= 0.3 is 0 Å². The summed E-state index contributed by atoms with van der Waals surface area (Å²) in [6, 6.07) is 0. The fourth-order valence-corrected chi connectivity index (χ4v) is 0. The molecule has 0 saturated heterocycles. The summed E-state index contributed by atoms with van der Waals surface area (Å²) in [6.45, 7) is 3.05. The molecule has 2 heteroatoms. The topological polar surface area (TPSA) is 26.1 Å². The van der Waals surface area contributed by atoms with E-state index in [-0.39, 0.29) is 0 Å². The van der Waals surface area contributed by atoms with Crippen LogP contribution >= 0.6 is 0 Å². The van der Waals surface area contributed by atoms with Gasteiger partial charge in [0.1, 0.15) is 0 Å². The lowest BCUT2D eigenvalue weighted by molar-refractivity contribution is -0.414. The van der Waals surface area contributed by atoms with Crippen molar-refractivity contribution in [1.82, 2.24) is 0 Å². The van der Waals surface area contributed by atoms with Gasteiger partial charge in [0.05, 0.1) is 0 Å². The molecule has 0 bridgehead atoms. The average molecular weight is 71.1 g/mol. The van der Waals surface area contributed by atoms with Crippen LogP contribution in [0.2, 0.25) is 0 Å². The van der Waals surface area contributed by atoms with Crippen molar-refractivity contribution in [2.45, 2.75) is 0 Å². The minimum Gasteiger partial charge on any atom is -0.615 e. The lowest BCUT2D eigenvalue weighted by Gasteiger charge is -1.81. The molecule has 0 aliphatic carbocycles. The van der Waals surface area contributed by atoms with E-state index in [4.69, 9.17) is 0 Å². The van der Waals surface area contributed by atoms with Gasteiger partial charge in [0, 0.05) is 6.58 Å². The highest BCUT2D eigenvalue weighted by Crippen LogP contribution is 1.40. The van der Waals surface area contributed by atoms with Crippen molar-refractivity contribution in [3.05, 3.63) is 11.8 Å². The fraction of sp³-hybridized carbons (Fsp3) is 0.333. The molecular formula is C3H5NO. The second kappa shape index (κ2) is 1.56. The summed E-state index contributed by atoms with van der Waals surface area (Å²) < 4.78 is 0.514. The van der Waals surface area contributed by atoms with Crippen LogP contribution in [0.5, 0.6) is 0 Å². The Kier molecular flexibility index (Phi) is 1.32. The molecule has 0 heterocycles. The molecular weight excluding hydrogens is 66.0 g/mol. The molecule has 0 saturated carbocycles. The minimum absolute atomic E-state index is 0.514. The Hall–Kier alpha value is -0.750. The Balaban J connectivity index is 3.60. The third kappa shape index (κ3) is 3.25. The van der Waals surface area contributed by atoms with Crippen molar-refractivity contribution in [2.24, 2.45) is 0 Å². The molecule has 0 radical (unpaired) electrons. The third-order valence-electron chi connectivity index (χ3n) is 0.223. The summed E-state index contributed by atoms with van der Waals surface area (Å²) in [5.74, 6) is 2.06. The maximum Gasteiger partial charge on any atom is 0.171 e. The van der Waals surface area contributed by atoms with E-state index in [1.54, 1.807) is 0 Å². The number of rotatable bonds is 0. The van der Waals surface area contributed by atoms with Gasteiger partial charge in [-0.2, -0.15) is 4.74 Å². The van der Waals surface area contributed by atoms with Gasteiger partial charge in [-0.05, 0) is 0 Å². The van der Waals surface area contributed by atoms with Crippen molar-refractivity contribution in [3.63, 3.8) is 0 Å². The molecule has 0 spiro atoms. The lowest BCUT2D eigenvalue weighted by atomic mass is 11.1. The number of nitrogens with zero attached hydrogens (tertiary/aromatic N) is 1. The van der Waals surface area contributed by atoms with E-state index in [9.17, 15) is 5.21 Å². The zero-order valence-corrected chi connectivity index (χ0v) is 3.06. The molecule has 0 aliphatic rings. The van der Waals surface area contributed by atoms with Crippen molar-refractivity contribution >= 4 is 5.87 Å². The highest BCUT2D eigenvalue weighted by atomic mass is 16.5. The standard InChI is InChI=1S/C3H5NO/c1-3-4(2)5/h1H2,2H3. The first-order valence-corrected chi connectivity index (χ1v) is 1.21. The summed E-state index contributed by atoms with van der Waals surface area (Å²) in [5.41, 5.74) is 0. The molecule has 0 aliphatic heterocycles. The number of hydrogen-bond donors (Lipinski definition) is 0. The molecule has 5 heavy (non-hydrogen) atoms. The van der Waals surface area contributed by atoms with Crippen LogP contribution in [0.4, 0.5) is 0 Å². The second-order valence-electron chi connectivity index (χ2n) is 0.656. The Morgan fingerprint density at radius 1 is 2.00 bits per heavy atom. The Morgan fingerprint density at radius 3 is 2.20 bits per heavy atom. The van der Waals surface area contributed by atoms with E-state index >= 15 is 0 Å². The van der Waals surface area contributed by atoms with Gasteiger partial charge in [0.25, 0.3) is 0 Å². The molecule has 0 atom stereocenters.